The summed E-state index contributed by atoms with van der Waals surface area (Å²) in [6.45, 7) is -0.116. The average molecular weight is 561 g/mol. The second-order valence-electron chi connectivity index (χ2n) is 9.11. The van der Waals surface area contributed by atoms with Gasteiger partial charge < -0.3 is 21.1 Å². The zero-order chi connectivity index (χ0) is 27.9. The van der Waals surface area contributed by atoms with Crippen molar-refractivity contribution in [2.75, 3.05) is 24.1 Å². The number of halogens is 3. The molecule has 4 aromatic rings. The van der Waals surface area contributed by atoms with Crippen LogP contribution in [0.1, 0.15) is 12.0 Å². The summed E-state index contributed by atoms with van der Waals surface area (Å²) in [5.41, 5.74) is 6.10. The summed E-state index contributed by atoms with van der Waals surface area (Å²) in [5.74, 6) is 0.157. The van der Waals surface area contributed by atoms with Crippen molar-refractivity contribution in [3.8, 4) is 11.1 Å². The first kappa shape index (κ1) is 26.6. The Balaban J connectivity index is 1.27. The number of H-pyrrole nitrogens is 1. The molecule has 2 atom stereocenters. The van der Waals surface area contributed by atoms with Crippen LogP contribution in [0, 0.1) is 0 Å². The number of aliphatic hydroxyl groups is 1. The van der Waals surface area contributed by atoms with Gasteiger partial charge in [0.25, 0.3) is 5.56 Å². The van der Waals surface area contributed by atoms with E-state index >= 15 is 0 Å². The van der Waals surface area contributed by atoms with Crippen LogP contribution in [0.4, 0.5) is 24.9 Å². The lowest BCUT2D eigenvalue weighted by Crippen LogP contribution is -2.51. The van der Waals surface area contributed by atoms with E-state index in [1.165, 1.54) is 12.1 Å². The molecule has 0 radical (unpaired) electrons. The van der Waals surface area contributed by atoms with Gasteiger partial charge in [0.1, 0.15) is 5.82 Å². The van der Waals surface area contributed by atoms with Crippen LogP contribution in [0.2, 0.25) is 0 Å². The lowest BCUT2D eigenvalue weighted by atomic mass is 10.0. The molecule has 0 bridgehead atoms. The zero-order valence-corrected chi connectivity index (χ0v) is 21.0. The third-order valence-electron chi connectivity index (χ3n) is 6.53. The van der Waals surface area contributed by atoms with Gasteiger partial charge in [-0.1, -0.05) is 18.2 Å². The highest BCUT2D eigenvalue weighted by Gasteiger charge is 2.35. The molecule has 10 nitrogen and oxygen atoms in total. The summed E-state index contributed by atoms with van der Waals surface area (Å²) in [6.07, 6.45) is -4.72. The topological polar surface area (TPSA) is 154 Å². The minimum atomic E-state index is -4.51. The summed E-state index contributed by atoms with van der Waals surface area (Å²) in [4.78, 5) is 22.5. The molecule has 2 aromatic heterocycles. The predicted octanol–water partition coefficient (Wildman–Crippen LogP) is 2.82. The molecule has 0 saturated carbocycles. The van der Waals surface area contributed by atoms with E-state index < -0.39 is 39.5 Å². The summed E-state index contributed by atoms with van der Waals surface area (Å²) in [7, 11) is -3.93. The van der Waals surface area contributed by atoms with E-state index in [1.54, 1.807) is 30.3 Å². The van der Waals surface area contributed by atoms with Gasteiger partial charge in [0.15, 0.2) is 0 Å². The minimum absolute atomic E-state index is 0.0102. The fourth-order valence-corrected chi connectivity index (χ4v) is 5.91. The SMILES string of the molecule is Nc1nc(=O)c2cc(-c3ccc(S(=O)(=O)N4CC[C@@H](Nc5ccc(C(F)(F)F)cn5)[C@@H](O)C4)cc3)ccc2[nH]1. The van der Waals surface area contributed by atoms with Crippen molar-refractivity contribution in [3.63, 3.8) is 0 Å². The molecule has 2 aromatic carbocycles. The summed E-state index contributed by atoms with van der Waals surface area (Å²) in [6, 6.07) is 12.7. The molecule has 14 heteroatoms. The average Bonchev–Trinajstić information content (AvgIpc) is 2.89. The number of aromatic amines is 1. The third-order valence-corrected chi connectivity index (χ3v) is 8.41. The van der Waals surface area contributed by atoms with E-state index in [1.807, 2.05) is 0 Å². The first-order chi connectivity index (χ1) is 18.4. The highest BCUT2D eigenvalue weighted by Crippen LogP contribution is 2.30. The Hall–Kier alpha value is -4.01. The van der Waals surface area contributed by atoms with Crippen molar-refractivity contribution in [2.24, 2.45) is 0 Å². The van der Waals surface area contributed by atoms with Crippen molar-refractivity contribution in [1.29, 1.82) is 0 Å². The van der Waals surface area contributed by atoms with Gasteiger partial charge in [-0.05, 0) is 53.9 Å². The molecule has 0 aliphatic carbocycles. The number of aromatic nitrogens is 3. The van der Waals surface area contributed by atoms with E-state index in [4.69, 9.17) is 5.73 Å². The van der Waals surface area contributed by atoms with Crippen LogP contribution in [0.15, 0.2) is 70.5 Å². The lowest BCUT2D eigenvalue weighted by Gasteiger charge is -2.35. The molecule has 0 amide bonds. The predicted molar refractivity (Wildman–Crippen MR) is 138 cm³/mol. The van der Waals surface area contributed by atoms with E-state index in [0.29, 0.717) is 28.2 Å². The maximum atomic E-state index is 13.2. The van der Waals surface area contributed by atoms with Crippen LogP contribution in [-0.2, 0) is 16.2 Å². The number of fused-ring (bicyclic) bond motifs is 1. The molecule has 0 spiro atoms. The number of β-amino-alcohol motifs (C(OH)–C–C–N with tert-alkyl or cyclic N) is 1. The quantitative estimate of drug-likeness (QED) is 0.291. The van der Waals surface area contributed by atoms with Crippen LogP contribution in [-0.4, -0.2) is 58.0 Å². The monoisotopic (exact) mass is 560 g/mol. The smallest absolute Gasteiger partial charge is 0.390 e. The Kier molecular flexibility index (Phi) is 6.78. The number of nitrogens with one attached hydrogen (secondary N) is 2. The number of alkyl halides is 3. The standard InChI is InChI=1S/C25H23F3N6O4S/c26-25(27,28)16-4-8-22(30-12-16)31-20-9-10-34(13-21(20)35)39(37,38)17-5-1-14(2-6-17)15-3-7-19-18(11-15)23(36)33-24(29)32-19/h1-8,11-12,20-21,35H,9-10,13H2,(H,30,31)(H3,29,32,33,36)/t20-,21+/m1/s1. The highest BCUT2D eigenvalue weighted by molar-refractivity contribution is 7.89. The van der Waals surface area contributed by atoms with Gasteiger partial charge in [0.05, 0.1) is 33.5 Å². The molecule has 1 saturated heterocycles. The van der Waals surface area contributed by atoms with Crippen molar-refractivity contribution in [1.82, 2.24) is 19.3 Å². The summed E-state index contributed by atoms with van der Waals surface area (Å²) >= 11 is 0. The van der Waals surface area contributed by atoms with Crippen molar-refractivity contribution in [2.45, 2.75) is 29.6 Å². The number of rotatable bonds is 5. The number of aliphatic hydroxyl groups excluding tert-OH is 1. The first-order valence-corrected chi connectivity index (χ1v) is 13.2. The molecular weight excluding hydrogens is 537 g/mol. The van der Waals surface area contributed by atoms with Gasteiger partial charge in [-0.15, -0.1) is 0 Å². The summed E-state index contributed by atoms with van der Waals surface area (Å²) in [5, 5.41) is 13.8. The van der Waals surface area contributed by atoms with Gasteiger partial charge in [-0.3, -0.25) is 4.79 Å². The van der Waals surface area contributed by atoms with Gasteiger partial charge in [-0.25, -0.2) is 13.4 Å². The molecule has 204 valence electrons. The van der Waals surface area contributed by atoms with Crippen molar-refractivity contribution >= 4 is 32.7 Å². The normalized spacial score (nSPS) is 18.8. The Morgan fingerprint density at radius 1 is 1.08 bits per heavy atom. The molecule has 5 N–H and O–H groups in total. The molecule has 1 aliphatic heterocycles. The van der Waals surface area contributed by atoms with Crippen LogP contribution in [0.5, 0.6) is 0 Å². The molecular formula is C25H23F3N6O4S. The second-order valence-corrected chi connectivity index (χ2v) is 11.0. The number of anilines is 2. The van der Waals surface area contributed by atoms with Gasteiger partial charge >= 0.3 is 6.18 Å². The Morgan fingerprint density at radius 3 is 2.44 bits per heavy atom. The maximum absolute atomic E-state index is 13.2. The van der Waals surface area contributed by atoms with Gasteiger partial charge in [-0.2, -0.15) is 22.5 Å². The Morgan fingerprint density at radius 2 is 1.79 bits per heavy atom. The van der Waals surface area contributed by atoms with Crippen molar-refractivity contribution in [3.05, 3.63) is 76.7 Å². The Labute approximate surface area is 220 Å². The number of hydrogen-bond donors (Lipinski definition) is 4. The number of hydrogen-bond acceptors (Lipinski definition) is 8. The Bertz CT molecular complexity index is 1680. The van der Waals surface area contributed by atoms with Gasteiger partial charge in [0, 0.05) is 19.3 Å². The van der Waals surface area contributed by atoms with Crippen LogP contribution < -0.4 is 16.6 Å². The van der Waals surface area contributed by atoms with Crippen LogP contribution in [0.3, 0.4) is 0 Å². The van der Waals surface area contributed by atoms with E-state index in [-0.39, 0.29) is 36.2 Å². The number of pyridine rings is 1. The number of piperidine rings is 1. The van der Waals surface area contributed by atoms with Gasteiger partial charge in [0.2, 0.25) is 16.0 Å². The lowest BCUT2D eigenvalue weighted by molar-refractivity contribution is -0.137. The van der Waals surface area contributed by atoms with Crippen LogP contribution in [0.25, 0.3) is 22.0 Å². The largest absolute Gasteiger partial charge is 0.417 e. The van der Waals surface area contributed by atoms with E-state index in [2.05, 4.69) is 20.3 Å². The molecule has 5 rings (SSSR count). The first-order valence-electron chi connectivity index (χ1n) is 11.8. The fourth-order valence-electron chi connectivity index (χ4n) is 4.44. The minimum Gasteiger partial charge on any atom is -0.390 e. The highest BCUT2D eigenvalue weighted by atomic mass is 32.2. The number of benzene rings is 2. The maximum Gasteiger partial charge on any atom is 0.417 e. The number of sulfonamides is 1. The molecule has 0 unspecified atom stereocenters. The molecule has 1 fully saturated rings. The number of nitrogen functional groups attached to an aromatic ring is 1. The molecule has 39 heavy (non-hydrogen) atoms. The fraction of sp³-hybridized carbons (Fsp3) is 0.240. The zero-order valence-electron chi connectivity index (χ0n) is 20.2. The molecule has 3 heterocycles. The second kappa shape index (κ2) is 9.94. The van der Waals surface area contributed by atoms with E-state index in [9.17, 15) is 31.5 Å². The third kappa shape index (κ3) is 5.44. The van der Waals surface area contributed by atoms with Crippen molar-refractivity contribution < 1.29 is 26.7 Å². The summed E-state index contributed by atoms with van der Waals surface area (Å²) < 4.78 is 65.9. The van der Waals surface area contributed by atoms with E-state index in [0.717, 1.165) is 16.4 Å². The van der Waals surface area contributed by atoms with Crippen LogP contribution >= 0.6 is 0 Å². The number of nitrogens with two attached hydrogens (primary N) is 1. The molecule has 1 aliphatic rings. The number of nitrogens with zero attached hydrogens (tertiary/aromatic N) is 3.